The number of hydrogen-bond donors (Lipinski definition) is 1. The molecular formula is C18H13ClN4S. The fraction of sp³-hybridized carbons (Fsp3) is 0.0556. The predicted octanol–water partition coefficient (Wildman–Crippen LogP) is 4.84. The van der Waals surface area contributed by atoms with E-state index in [1.54, 1.807) is 18.0 Å². The first-order valence-corrected chi connectivity index (χ1v) is 8.62. The number of halogens is 1. The van der Waals surface area contributed by atoms with Crippen LogP contribution in [0, 0.1) is 0 Å². The first-order chi connectivity index (χ1) is 11.8. The van der Waals surface area contributed by atoms with Crippen LogP contribution in [-0.4, -0.2) is 21.7 Å². The molecule has 0 saturated carbocycles. The van der Waals surface area contributed by atoms with Gasteiger partial charge >= 0.3 is 0 Å². The van der Waals surface area contributed by atoms with Crippen LogP contribution in [0.4, 0.5) is 5.69 Å². The number of aromatic nitrogens is 2. The molecule has 0 amide bonds. The lowest BCUT2D eigenvalue weighted by atomic mass is 10.1. The molecule has 0 spiro atoms. The molecule has 0 atom stereocenters. The highest BCUT2D eigenvalue weighted by Gasteiger charge is 2.14. The lowest BCUT2D eigenvalue weighted by Crippen LogP contribution is -2.05. The highest BCUT2D eigenvalue weighted by Crippen LogP contribution is 2.29. The largest absolute Gasteiger partial charge is 0.332 e. The van der Waals surface area contributed by atoms with E-state index in [0.29, 0.717) is 11.7 Å². The van der Waals surface area contributed by atoms with Crippen LogP contribution in [0.5, 0.6) is 0 Å². The Morgan fingerprint density at radius 3 is 2.88 bits per heavy atom. The van der Waals surface area contributed by atoms with E-state index in [0.717, 1.165) is 27.3 Å². The number of anilines is 1. The Morgan fingerprint density at radius 2 is 1.96 bits per heavy atom. The van der Waals surface area contributed by atoms with Crippen molar-refractivity contribution >= 4 is 51.2 Å². The smallest absolute Gasteiger partial charge is 0.166 e. The number of thioether (sulfide) groups is 1. The second kappa shape index (κ2) is 6.63. The monoisotopic (exact) mass is 352 g/mol. The number of rotatable bonds is 2. The van der Waals surface area contributed by atoms with Crippen LogP contribution in [0.3, 0.4) is 0 Å². The van der Waals surface area contributed by atoms with Gasteiger partial charge in [-0.15, -0.1) is 0 Å². The van der Waals surface area contributed by atoms with E-state index in [-0.39, 0.29) is 0 Å². The van der Waals surface area contributed by atoms with Gasteiger partial charge in [0.05, 0.1) is 17.7 Å². The number of amidine groups is 1. The Balaban J connectivity index is 1.50. The zero-order valence-corrected chi connectivity index (χ0v) is 14.2. The van der Waals surface area contributed by atoms with Gasteiger partial charge in [0, 0.05) is 22.7 Å². The van der Waals surface area contributed by atoms with Gasteiger partial charge in [0.25, 0.3) is 0 Å². The standard InChI is InChI=1S/C18H13ClN4S/c19-17-16(4-2-8-21-17)23-18-22-11-14(24-18)10-12-5-6-15-13(9-12)3-1-7-20-15/h1-10H,11H2,(H,22,23)/b14-10-. The van der Waals surface area contributed by atoms with Crippen LogP contribution in [0.25, 0.3) is 17.0 Å². The molecule has 3 aromatic rings. The zero-order valence-electron chi connectivity index (χ0n) is 12.6. The van der Waals surface area contributed by atoms with Crippen LogP contribution >= 0.6 is 23.4 Å². The molecule has 0 aliphatic carbocycles. The van der Waals surface area contributed by atoms with Crippen LogP contribution < -0.4 is 5.32 Å². The molecule has 3 heterocycles. The molecule has 118 valence electrons. The van der Waals surface area contributed by atoms with Crippen LogP contribution in [0.15, 0.2) is 64.8 Å². The van der Waals surface area contributed by atoms with Gasteiger partial charge in [0.15, 0.2) is 10.3 Å². The molecule has 0 bridgehead atoms. The highest BCUT2D eigenvalue weighted by molar-refractivity contribution is 8.17. The maximum absolute atomic E-state index is 6.07. The lowest BCUT2D eigenvalue weighted by Gasteiger charge is -2.05. The Kier molecular flexibility index (Phi) is 4.19. The van der Waals surface area contributed by atoms with E-state index in [2.05, 4.69) is 44.6 Å². The molecule has 4 nitrogen and oxygen atoms in total. The normalized spacial score (nSPS) is 15.7. The first kappa shape index (κ1) is 15.2. The van der Waals surface area contributed by atoms with Crippen molar-refractivity contribution in [2.75, 3.05) is 11.9 Å². The van der Waals surface area contributed by atoms with Gasteiger partial charge in [0.2, 0.25) is 0 Å². The molecule has 1 aliphatic rings. The maximum atomic E-state index is 6.07. The number of aliphatic imine (C=N–C) groups is 1. The molecule has 24 heavy (non-hydrogen) atoms. The number of nitrogens with zero attached hydrogens (tertiary/aromatic N) is 3. The fourth-order valence-electron chi connectivity index (χ4n) is 2.44. The first-order valence-electron chi connectivity index (χ1n) is 7.43. The van der Waals surface area contributed by atoms with Crippen LogP contribution in [0.1, 0.15) is 5.56 Å². The third-order valence-corrected chi connectivity index (χ3v) is 4.80. The summed E-state index contributed by atoms with van der Waals surface area (Å²) in [4.78, 5) is 14.1. The van der Waals surface area contributed by atoms with Gasteiger partial charge in [-0.2, -0.15) is 0 Å². The lowest BCUT2D eigenvalue weighted by molar-refractivity contribution is 1.25. The van der Waals surface area contributed by atoms with Gasteiger partial charge in [-0.05, 0) is 42.0 Å². The quantitative estimate of drug-likeness (QED) is 0.670. The molecule has 1 aliphatic heterocycles. The Hall–Kier alpha value is -2.37. The fourth-order valence-corrected chi connectivity index (χ4v) is 3.47. The topological polar surface area (TPSA) is 50.2 Å². The summed E-state index contributed by atoms with van der Waals surface area (Å²) in [5, 5.41) is 5.63. The van der Waals surface area contributed by atoms with Gasteiger partial charge < -0.3 is 5.32 Å². The summed E-state index contributed by atoms with van der Waals surface area (Å²) in [6.45, 7) is 0.663. The Bertz CT molecular complexity index is 968. The van der Waals surface area contributed by atoms with E-state index < -0.39 is 0 Å². The van der Waals surface area contributed by atoms with Crippen molar-refractivity contribution in [3.63, 3.8) is 0 Å². The third-order valence-electron chi connectivity index (χ3n) is 3.56. The molecule has 1 aromatic carbocycles. The number of hydrogen-bond acceptors (Lipinski definition) is 5. The summed E-state index contributed by atoms with van der Waals surface area (Å²) in [5.74, 6) is 0. The minimum atomic E-state index is 0.445. The van der Waals surface area contributed by atoms with Gasteiger partial charge in [-0.3, -0.25) is 9.98 Å². The van der Waals surface area contributed by atoms with E-state index in [4.69, 9.17) is 11.6 Å². The number of fused-ring (bicyclic) bond motifs is 1. The molecular weight excluding hydrogens is 340 g/mol. The maximum Gasteiger partial charge on any atom is 0.166 e. The van der Waals surface area contributed by atoms with Gasteiger partial charge in [-0.1, -0.05) is 35.5 Å². The summed E-state index contributed by atoms with van der Waals surface area (Å²) < 4.78 is 0. The van der Waals surface area contributed by atoms with Gasteiger partial charge in [0.1, 0.15) is 0 Å². The molecule has 2 aromatic heterocycles. The minimum absolute atomic E-state index is 0.445. The summed E-state index contributed by atoms with van der Waals surface area (Å²) in [6, 6.07) is 14.0. The van der Waals surface area contributed by atoms with Crippen molar-refractivity contribution in [1.29, 1.82) is 0 Å². The summed E-state index contributed by atoms with van der Waals surface area (Å²) in [6.07, 6.45) is 5.62. The average molecular weight is 353 g/mol. The predicted molar refractivity (Wildman–Crippen MR) is 102 cm³/mol. The van der Waals surface area contributed by atoms with Crippen molar-refractivity contribution in [2.24, 2.45) is 4.99 Å². The number of pyridine rings is 2. The molecule has 0 unspecified atom stereocenters. The van der Waals surface area contributed by atoms with E-state index in [1.807, 2.05) is 30.5 Å². The molecule has 0 radical (unpaired) electrons. The summed E-state index contributed by atoms with van der Waals surface area (Å²) >= 11 is 7.68. The minimum Gasteiger partial charge on any atom is -0.332 e. The van der Waals surface area contributed by atoms with Crippen LogP contribution in [0.2, 0.25) is 5.15 Å². The van der Waals surface area contributed by atoms with Crippen LogP contribution in [-0.2, 0) is 0 Å². The second-order valence-corrected chi connectivity index (χ2v) is 6.73. The van der Waals surface area contributed by atoms with E-state index in [1.165, 1.54) is 4.91 Å². The number of nitrogens with one attached hydrogen (secondary N) is 1. The zero-order chi connectivity index (χ0) is 16.4. The van der Waals surface area contributed by atoms with Gasteiger partial charge in [-0.25, -0.2) is 4.98 Å². The third kappa shape index (κ3) is 3.27. The van der Waals surface area contributed by atoms with E-state index in [9.17, 15) is 0 Å². The molecule has 6 heteroatoms. The van der Waals surface area contributed by atoms with Crippen molar-refractivity contribution < 1.29 is 0 Å². The number of benzene rings is 1. The highest BCUT2D eigenvalue weighted by atomic mass is 35.5. The van der Waals surface area contributed by atoms with Crippen molar-refractivity contribution in [2.45, 2.75) is 0 Å². The SMILES string of the molecule is Clc1ncccc1NC1=NC/C(=C/c2ccc3ncccc3c2)S1. The molecule has 0 fully saturated rings. The van der Waals surface area contributed by atoms with Crippen molar-refractivity contribution in [3.8, 4) is 0 Å². The van der Waals surface area contributed by atoms with Crippen molar-refractivity contribution in [1.82, 2.24) is 9.97 Å². The molecule has 0 saturated heterocycles. The molecule has 4 rings (SSSR count). The summed E-state index contributed by atoms with van der Waals surface area (Å²) in [5.41, 5.74) is 2.92. The molecule has 1 N–H and O–H groups in total. The van der Waals surface area contributed by atoms with Crippen molar-refractivity contribution in [3.05, 3.63) is 70.5 Å². The van der Waals surface area contributed by atoms with E-state index >= 15 is 0 Å². The summed E-state index contributed by atoms with van der Waals surface area (Å²) in [7, 11) is 0. The Labute approximate surface area is 148 Å². The average Bonchev–Trinajstić information content (AvgIpc) is 3.04. The Morgan fingerprint density at radius 1 is 1.08 bits per heavy atom. The second-order valence-electron chi connectivity index (χ2n) is 5.26.